The van der Waals surface area contributed by atoms with Crippen LogP contribution in [-0.4, -0.2) is 34.0 Å². The van der Waals surface area contributed by atoms with Gasteiger partial charge in [0.05, 0.1) is 10.7 Å². The van der Waals surface area contributed by atoms with Crippen molar-refractivity contribution in [2.75, 3.05) is 18.4 Å². The minimum absolute atomic E-state index is 0.108. The van der Waals surface area contributed by atoms with Crippen molar-refractivity contribution in [1.29, 1.82) is 0 Å². The van der Waals surface area contributed by atoms with Crippen molar-refractivity contribution in [2.45, 2.75) is 25.7 Å². The zero-order valence-corrected chi connectivity index (χ0v) is 13.2. The number of hydrogen-bond donors (Lipinski definition) is 2. The molecule has 22 heavy (non-hydrogen) atoms. The van der Waals surface area contributed by atoms with Gasteiger partial charge in [-0.1, -0.05) is 23.7 Å². The van der Waals surface area contributed by atoms with Gasteiger partial charge >= 0.3 is 6.03 Å². The molecule has 1 aliphatic heterocycles. The molecule has 1 aromatic carbocycles. The number of aryl methyl sites for hydroxylation is 1. The van der Waals surface area contributed by atoms with Crippen LogP contribution in [0.3, 0.4) is 0 Å². The summed E-state index contributed by atoms with van der Waals surface area (Å²) in [6.45, 7) is 3.35. The number of anilines is 1. The number of piperidine rings is 1. The molecule has 2 heterocycles. The highest BCUT2D eigenvalue weighted by atomic mass is 35.5. The predicted molar refractivity (Wildman–Crippen MR) is 87.3 cm³/mol. The number of carbonyl (C=O) groups excluding carboxylic acids is 1. The lowest BCUT2D eigenvalue weighted by atomic mass is 9.98. The molecule has 0 bridgehead atoms. The molecule has 5 nitrogen and oxygen atoms in total. The summed E-state index contributed by atoms with van der Waals surface area (Å²) in [6.07, 6.45) is 5.59. The Bertz CT molecular complexity index is 656. The summed E-state index contributed by atoms with van der Waals surface area (Å²) in [5.74, 6) is 1.22. The van der Waals surface area contributed by atoms with Crippen molar-refractivity contribution in [3.05, 3.63) is 47.0 Å². The standard InChI is InChI=1S/C16H19ClN4O/c1-11-4-2-6-13(14(11)17)20-16(22)21-9-3-5-12(10-21)15-18-7-8-19-15/h2,4,6-8,12H,3,5,9-10H2,1H3,(H,18,19)(H,20,22)/t12-/m1/s1. The number of urea groups is 1. The third-order valence-corrected chi connectivity index (χ3v) is 4.55. The van der Waals surface area contributed by atoms with Gasteiger partial charge in [0.25, 0.3) is 0 Å². The van der Waals surface area contributed by atoms with Crippen LogP contribution >= 0.6 is 11.6 Å². The smallest absolute Gasteiger partial charge is 0.321 e. The maximum Gasteiger partial charge on any atom is 0.321 e. The predicted octanol–water partition coefficient (Wildman–Crippen LogP) is 3.78. The number of imidazole rings is 1. The molecule has 0 aliphatic carbocycles. The number of aromatic amines is 1. The third-order valence-electron chi connectivity index (χ3n) is 4.05. The first-order valence-corrected chi connectivity index (χ1v) is 7.83. The molecule has 1 atom stereocenters. The molecule has 0 spiro atoms. The Morgan fingerprint density at radius 2 is 2.36 bits per heavy atom. The highest BCUT2D eigenvalue weighted by Gasteiger charge is 2.26. The van der Waals surface area contributed by atoms with Crippen molar-refractivity contribution < 1.29 is 4.79 Å². The maximum atomic E-state index is 12.5. The van der Waals surface area contributed by atoms with E-state index in [0.717, 1.165) is 30.8 Å². The fourth-order valence-electron chi connectivity index (χ4n) is 2.82. The summed E-state index contributed by atoms with van der Waals surface area (Å²) in [5.41, 5.74) is 1.61. The molecule has 1 saturated heterocycles. The Hall–Kier alpha value is -2.01. The van der Waals surface area contributed by atoms with Crippen molar-refractivity contribution in [2.24, 2.45) is 0 Å². The molecule has 1 fully saturated rings. The monoisotopic (exact) mass is 318 g/mol. The van der Waals surface area contributed by atoms with Gasteiger partial charge in [-0.15, -0.1) is 0 Å². The molecule has 2 amide bonds. The van der Waals surface area contributed by atoms with Crippen LogP contribution in [0.4, 0.5) is 10.5 Å². The Balaban J connectivity index is 1.68. The number of nitrogens with zero attached hydrogens (tertiary/aromatic N) is 2. The van der Waals surface area contributed by atoms with Crippen molar-refractivity contribution in [1.82, 2.24) is 14.9 Å². The fourth-order valence-corrected chi connectivity index (χ4v) is 3.00. The second-order valence-corrected chi connectivity index (χ2v) is 6.00. The van der Waals surface area contributed by atoms with Gasteiger partial charge < -0.3 is 15.2 Å². The number of likely N-dealkylation sites (tertiary alicyclic amines) is 1. The van der Waals surface area contributed by atoms with Crippen LogP contribution in [-0.2, 0) is 0 Å². The molecule has 0 unspecified atom stereocenters. The van der Waals surface area contributed by atoms with Gasteiger partial charge in [-0.05, 0) is 31.4 Å². The molecule has 1 aliphatic rings. The zero-order valence-electron chi connectivity index (χ0n) is 12.5. The molecule has 2 aromatic rings. The first-order valence-electron chi connectivity index (χ1n) is 7.45. The maximum absolute atomic E-state index is 12.5. The van der Waals surface area contributed by atoms with E-state index in [1.165, 1.54) is 0 Å². The van der Waals surface area contributed by atoms with Gasteiger partial charge in [0, 0.05) is 31.4 Å². The average Bonchev–Trinajstić information content (AvgIpc) is 3.06. The highest BCUT2D eigenvalue weighted by molar-refractivity contribution is 6.34. The molecule has 116 valence electrons. The lowest BCUT2D eigenvalue weighted by Crippen LogP contribution is -2.41. The SMILES string of the molecule is Cc1cccc(NC(=O)N2CCC[C@@H](c3ncc[nH]3)C2)c1Cl. The summed E-state index contributed by atoms with van der Waals surface area (Å²) in [6, 6.07) is 5.52. The summed E-state index contributed by atoms with van der Waals surface area (Å²) in [7, 11) is 0. The number of benzene rings is 1. The normalized spacial score (nSPS) is 18.3. The second-order valence-electron chi connectivity index (χ2n) is 5.63. The molecule has 3 rings (SSSR count). The van der Waals surface area contributed by atoms with Crippen LogP contribution < -0.4 is 5.32 Å². The average molecular weight is 319 g/mol. The van der Waals surface area contributed by atoms with E-state index in [1.54, 1.807) is 6.20 Å². The highest BCUT2D eigenvalue weighted by Crippen LogP contribution is 2.27. The number of rotatable bonds is 2. The van der Waals surface area contributed by atoms with E-state index in [4.69, 9.17) is 11.6 Å². The van der Waals surface area contributed by atoms with Crippen LogP contribution in [0.2, 0.25) is 5.02 Å². The zero-order chi connectivity index (χ0) is 15.5. The molecule has 0 saturated carbocycles. The Morgan fingerprint density at radius 1 is 1.50 bits per heavy atom. The molecular formula is C16H19ClN4O. The van der Waals surface area contributed by atoms with E-state index in [9.17, 15) is 4.79 Å². The second kappa shape index (κ2) is 6.40. The number of carbonyl (C=O) groups is 1. The summed E-state index contributed by atoms with van der Waals surface area (Å²) in [5, 5.41) is 3.50. The summed E-state index contributed by atoms with van der Waals surface area (Å²) >= 11 is 6.24. The van der Waals surface area contributed by atoms with E-state index < -0.39 is 0 Å². The largest absolute Gasteiger partial charge is 0.348 e. The summed E-state index contributed by atoms with van der Waals surface area (Å²) in [4.78, 5) is 21.8. The quantitative estimate of drug-likeness (QED) is 0.885. The Morgan fingerprint density at radius 3 is 3.14 bits per heavy atom. The van der Waals surface area contributed by atoms with E-state index >= 15 is 0 Å². The molecule has 0 radical (unpaired) electrons. The lowest BCUT2D eigenvalue weighted by Gasteiger charge is -2.32. The van der Waals surface area contributed by atoms with E-state index in [-0.39, 0.29) is 11.9 Å². The van der Waals surface area contributed by atoms with Gasteiger partial charge in [0.1, 0.15) is 5.82 Å². The van der Waals surface area contributed by atoms with Crippen LogP contribution in [0.25, 0.3) is 0 Å². The van der Waals surface area contributed by atoms with Crippen molar-refractivity contribution in [3.63, 3.8) is 0 Å². The van der Waals surface area contributed by atoms with E-state index in [1.807, 2.05) is 36.2 Å². The van der Waals surface area contributed by atoms with Gasteiger partial charge in [0.15, 0.2) is 0 Å². The van der Waals surface area contributed by atoms with Gasteiger partial charge in [-0.25, -0.2) is 9.78 Å². The first kappa shape index (κ1) is 14.9. The Kier molecular flexibility index (Phi) is 4.34. The number of aromatic nitrogens is 2. The first-order chi connectivity index (χ1) is 10.6. The van der Waals surface area contributed by atoms with Crippen LogP contribution in [0.1, 0.15) is 30.1 Å². The van der Waals surface area contributed by atoms with Crippen molar-refractivity contribution >= 4 is 23.3 Å². The number of H-pyrrole nitrogens is 1. The minimum atomic E-state index is -0.108. The lowest BCUT2D eigenvalue weighted by molar-refractivity contribution is 0.191. The van der Waals surface area contributed by atoms with Gasteiger partial charge in [0.2, 0.25) is 0 Å². The molecule has 2 N–H and O–H groups in total. The van der Waals surface area contributed by atoms with Crippen LogP contribution in [0.15, 0.2) is 30.6 Å². The van der Waals surface area contributed by atoms with Crippen molar-refractivity contribution in [3.8, 4) is 0 Å². The Labute approximate surface area is 134 Å². The number of hydrogen-bond acceptors (Lipinski definition) is 2. The van der Waals surface area contributed by atoms with Gasteiger partial charge in [-0.3, -0.25) is 0 Å². The molecule has 1 aromatic heterocycles. The van der Waals surface area contributed by atoms with E-state index in [2.05, 4.69) is 15.3 Å². The summed E-state index contributed by atoms with van der Waals surface area (Å²) < 4.78 is 0. The number of halogens is 1. The fraction of sp³-hybridized carbons (Fsp3) is 0.375. The van der Waals surface area contributed by atoms with Crippen LogP contribution in [0.5, 0.6) is 0 Å². The topological polar surface area (TPSA) is 61.0 Å². The molecule has 6 heteroatoms. The van der Waals surface area contributed by atoms with Gasteiger partial charge in [-0.2, -0.15) is 0 Å². The molecular weight excluding hydrogens is 300 g/mol. The van der Waals surface area contributed by atoms with E-state index in [0.29, 0.717) is 17.3 Å². The number of amides is 2. The third kappa shape index (κ3) is 3.09. The van der Waals surface area contributed by atoms with Crippen LogP contribution in [0, 0.1) is 6.92 Å². The minimum Gasteiger partial charge on any atom is -0.348 e. The number of nitrogens with one attached hydrogen (secondary N) is 2.